The molecule has 7 heteroatoms. The summed E-state index contributed by atoms with van der Waals surface area (Å²) in [6, 6.07) is 15.0. The number of carbonyl (C=O) groups is 1. The summed E-state index contributed by atoms with van der Waals surface area (Å²) in [7, 11) is 0. The average molecular weight is 435 g/mol. The van der Waals surface area contributed by atoms with Gasteiger partial charge < -0.3 is 10.0 Å². The van der Waals surface area contributed by atoms with Crippen molar-refractivity contribution in [3.63, 3.8) is 0 Å². The Kier molecular flexibility index (Phi) is 5.81. The van der Waals surface area contributed by atoms with Crippen LogP contribution in [0.15, 0.2) is 42.5 Å². The number of nitriles is 1. The molecule has 1 aliphatic rings. The second-order valence-electron chi connectivity index (χ2n) is 7.90. The van der Waals surface area contributed by atoms with Crippen LogP contribution >= 0.6 is 11.6 Å². The SMILES string of the molecule is Cc1nn(-c2ccc(C#N)c(Cl)c2)c(C)c1Cc1ccc(C(=O)N2CCC(O)C2)cc1. The third-order valence-electron chi connectivity index (χ3n) is 5.79. The van der Waals surface area contributed by atoms with Crippen molar-refractivity contribution < 1.29 is 9.90 Å². The zero-order chi connectivity index (χ0) is 22.1. The van der Waals surface area contributed by atoms with Crippen LogP contribution in [0.4, 0.5) is 0 Å². The van der Waals surface area contributed by atoms with Crippen LogP contribution in [0.25, 0.3) is 5.69 Å². The highest BCUT2D eigenvalue weighted by atomic mass is 35.5. The summed E-state index contributed by atoms with van der Waals surface area (Å²) in [6.45, 7) is 4.98. The number of benzene rings is 2. The Morgan fingerprint density at radius 3 is 2.61 bits per heavy atom. The number of amides is 1. The first-order valence-electron chi connectivity index (χ1n) is 10.2. The Labute approximate surface area is 186 Å². The molecule has 3 aromatic rings. The van der Waals surface area contributed by atoms with E-state index in [2.05, 4.69) is 11.2 Å². The molecular weight excluding hydrogens is 412 g/mol. The number of carbonyl (C=O) groups excluding carboxylic acids is 1. The number of nitrogens with zero attached hydrogens (tertiary/aromatic N) is 4. The van der Waals surface area contributed by atoms with Crippen molar-refractivity contribution >= 4 is 17.5 Å². The lowest BCUT2D eigenvalue weighted by Crippen LogP contribution is -2.29. The molecule has 1 amide bonds. The van der Waals surface area contributed by atoms with Crippen LogP contribution in [0.3, 0.4) is 0 Å². The Hall–Kier alpha value is -3.14. The van der Waals surface area contributed by atoms with Gasteiger partial charge in [0.05, 0.1) is 28.1 Å². The molecule has 1 unspecified atom stereocenters. The molecule has 158 valence electrons. The molecule has 2 aromatic carbocycles. The van der Waals surface area contributed by atoms with Gasteiger partial charge in [-0.05, 0) is 56.2 Å². The maximum atomic E-state index is 12.6. The van der Waals surface area contributed by atoms with E-state index in [4.69, 9.17) is 16.9 Å². The van der Waals surface area contributed by atoms with Crippen molar-refractivity contribution in [3.05, 3.63) is 81.1 Å². The first-order chi connectivity index (χ1) is 14.9. The van der Waals surface area contributed by atoms with Crippen molar-refractivity contribution in [1.82, 2.24) is 14.7 Å². The number of likely N-dealkylation sites (tertiary alicyclic amines) is 1. The van der Waals surface area contributed by atoms with Crippen LogP contribution in [-0.4, -0.2) is 44.9 Å². The molecule has 0 spiro atoms. The quantitative estimate of drug-likeness (QED) is 0.676. The lowest BCUT2D eigenvalue weighted by Gasteiger charge is -2.15. The number of β-amino-alcohol motifs (C(OH)–C–C–N with tert-alkyl or cyclic N) is 1. The Morgan fingerprint density at radius 2 is 2.00 bits per heavy atom. The minimum atomic E-state index is -0.420. The smallest absolute Gasteiger partial charge is 0.253 e. The lowest BCUT2D eigenvalue weighted by molar-refractivity contribution is 0.0765. The molecule has 1 N–H and O–H groups in total. The van der Waals surface area contributed by atoms with Gasteiger partial charge in [-0.3, -0.25) is 4.79 Å². The van der Waals surface area contributed by atoms with E-state index in [9.17, 15) is 9.90 Å². The van der Waals surface area contributed by atoms with Gasteiger partial charge in [-0.1, -0.05) is 23.7 Å². The fraction of sp³-hybridized carbons (Fsp3) is 0.292. The number of rotatable bonds is 4. The van der Waals surface area contributed by atoms with E-state index in [1.54, 1.807) is 17.0 Å². The summed E-state index contributed by atoms with van der Waals surface area (Å²) in [4.78, 5) is 14.3. The zero-order valence-electron chi connectivity index (χ0n) is 17.5. The van der Waals surface area contributed by atoms with E-state index in [0.717, 1.165) is 28.2 Å². The van der Waals surface area contributed by atoms with Crippen molar-refractivity contribution in [2.45, 2.75) is 32.8 Å². The molecule has 6 nitrogen and oxygen atoms in total. The standard InChI is InChI=1S/C24H23ClN4O2/c1-15-22(16(2)29(27-15)20-8-7-19(13-26)23(25)12-20)11-17-3-5-18(6-4-17)24(31)28-10-9-21(30)14-28/h3-8,12,21,30H,9-11,14H2,1-2H3. The van der Waals surface area contributed by atoms with Crippen molar-refractivity contribution in [2.75, 3.05) is 13.1 Å². The number of hydrogen-bond donors (Lipinski definition) is 1. The Morgan fingerprint density at radius 1 is 1.26 bits per heavy atom. The number of aromatic nitrogens is 2. The number of halogens is 1. The van der Waals surface area contributed by atoms with Gasteiger partial charge in [0.2, 0.25) is 0 Å². The van der Waals surface area contributed by atoms with Crippen molar-refractivity contribution in [3.8, 4) is 11.8 Å². The molecule has 1 fully saturated rings. The van der Waals surface area contributed by atoms with E-state index in [-0.39, 0.29) is 5.91 Å². The first-order valence-corrected chi connectivity index (χ1v) is 10.6. The maximum absolute atomic E-state index is 12.6. The molecule has 4 rings (SSSR count). The van der Waals surface area contributed by atoms with Crippen molar-refractivity contribution in [2.24, 2.45) is 0 Å². The minimum Gasteiger partial charge on any atom is -0.391 e. The molecular formula is C24H23ClN4O2. The fourth-order valence-corrected chi connectivity index (χ4v) is 4.20. The first kappa shape index (κ1) is 21.1. The van der Waals surface area contributed by atoms with Gasteiger partial charge in [-0.25, -0.2) is 4.68 Å². The largest absolute Gasteiger partial charge is 0.391 e. The van der Waals surface area contributed by atoms with Crippen LogP contribution in [-0.2, 0) is 6.42 Å². The molecule has 1 aromatic heterocycles. The number of aryl methyl sites for hydroxylation is 1. The van der Waals surface area contributed by atoms with Crippen molar-refractivity contribution in [1.29, 1.82) is 5.26 Å². The Balaban J connectivity index is 1.54. The van der Waals surface area contributed by atoms with Gasteiger partial charge in [-0.2, -0.15) is 10.4 Å². The number of aliphatic hydroxyl groups excluding tert-OH is 1. The summed E-state index contributed by atoms with van der Waals surface area (Å²) < 4.78 is 1.84. The van der Waals surface area contributed by atoms with E-state index in [1.807, 2.05) is 48.9 Å². The summed E-state index contributed by atoms with van der Waals surface area (Å²) >= 11 is 6.20. The highest BCUT2D eigenvalue weighted by Crippen LogP contribution is 2.25. The molecule has 0 radical (unpaired) electrons. The van der Waals surface area contributed by atoms with E-state index >= 15 is 0 Å². The predicted molar refractivity (Wildman–Crippen MR) is 119 cm³/mol. The molecule has 0 bridgehead atoms. The summed E-state index contributed by atoms with van der Waals surface area (Å²) in [5.41, 5.74) is 6.00. The van der Waals surface area contributed by atoms with Crippen LogP contribution in [0.5, 0.6) is 0 Å². The molecule has 1 saturated heterocycles. The molecule has 31 heavy (non-hydrogen) atoms. The van der Waals surface area contributed by atoms with Gasteiger partial charge in [0, 0.05) is 36.3 Å². The fourth-order valence-electron chi connectivity index (χ4n) is 3.99. The maximum Gasteiger partial charge on any atom is 0.253 e. The Bertz CT molecular complexity index is 1180. The zero-order valence-corrected chi connectivity index (χ0v) is 18.2. The summed E-state index contributed by atoms with van der Waals surface area (Å²) in [6.07, 6.45) is 0.909. The highest BCUT2D eigenvalue weighted by molar-refractivity contribution is 6.31. The van der Waals surface area contributed by atoms with Crippen LogP contribution in [0.2, 0.25) is 5.02 Å². The van der Waals surface area contributed by atoms with Crippen LogP contribution < -0.4 is 0 Å². The second-order valence-corrected chi connectivity index (χ2v) is 8.31. The van der Waals surface area contributed by atoms with E-state index < -0.39 is 6.10 Å². The molecule has 2 heterocycles. The van der Waals surface area contributed by atoms with Gasteiger partial charge in [-0.15, -0.1) is 0 Å². The van der Waals surface area contributed by atoms with Crippen LogP contribution in [0.1, 0.15) is 44.9 Å². The van der Waals surface area contributed by atoms with Crippen LogP contribution in [0, 0.1) is 25.2 Å². The average Bonchev–Trinajstić information content (AvgIpc) is 3.32. The molecule has 1 atom stereocenters. The minimum absolute atomic E-state index is 0.0408. The molecule has 0 aliphatic carbocycles. The third kappa shape index (κ3) is 4.20. The monoisotopic (exact) mass is 434 g/mol. The summed E-state index contributed by atoms with van der Waals surface area (Å²) in [5, 5.41) is 23.8. The highest BCUT2D eigenvalue weighted by Gasteiger charge is 2.25. The topological polar surface area (TPSA) is 82.2 Å². The lowest BCUT2D eigenvalue weighted by atomic mass is 10.0. The normalized spacial score (nSPS) is 15.8. The molecule has 1 aliphatic heterocycles. The molecule has 0 saturated carbocycles. The number of aliphatic hydroxyl groups is 1. The number of hydrogen-bond acceptors (Lipinski definition) is 4. The van der Waals surface area contributed by atoms with Gasteiger partial charge in [0.25, 0.3) is 5.91 Å². The van der Waals surface area contributed by atoms with Gasteiger partial charge in [0.1, 0.15) is 6.07 Å². The van der Waals surface area contributed by atoms with E-state index in [1.165, 1.54) is 0 Å². The van der Waals surface area contributed by atoms with E-state index in [0.29, 0.717) is 42.1 Å². The van der Waals surface area contributed by atoms with Gasteiger partial charge in [0.15, 0.2) is 0 Å². The summed E-state index contributed by atoms with van der Waals surface area (Å²) in [5.74, 6) is -0.0408. The van der Waals surface area contributed by atoms with Gasteiger partial charge >= 0.3 is 0 Å². The third-order valence-corrected chi connectivity index (χ3v) is 6.10. The second kappa shape index (κ2) is 8.54. The predicted octanol–water partition coefficient (Wildman–Crippen LogP) is 3.81.